The van der Waals surface area contributed by atoms with Gasteiger partial charge in [0.05, 0.1) is 6.20 Å². The van der Waals surface area contributed by atoms with Gasteiger partial charge < -0.3 is 0 Å². The second kappa shape index (κ2) is 3.00. The third-order valence-corrected chi connectivity index (χ3v) is 1.25. The van der Waals surface area contributed by atoms with E-state index in [1.807, 2.05) is 0 Å². The van der Waals surface area contributed by atoms with E-state index >= 15 is 0 Å². The Morgan fingerprint density at radius 2 is 2.40 bits per heavy atom. The Morgan fingerprint density at radius 3 is 2.90 bits per heavy atom. The zero-order chi connectivity index (χ0) is 7.40. The Kier molecular flexibility index (Phi) is 2.04. The molecule has 52 valence electrons. The van der Waals surface area contributed by atoms with Crippen LogP contribution < -0.4 is 0 Å². The molecule has 1 heterocycles. The van der Waals surface area contributed by atoms with Crippen molar-refractivity contribution in [3.05, 3.63) is 28.9 Å². The van der Waals surface area contributed by atoms with E-state index < -0.39 is 0 Å². The van der Waals surface area contributed by atoms with E-state index in [4.69, 9.17) is 0 Å². The van der Waals surface area contributed by atoms with Gasteiger partial charge in [-0.05, 0) is 13.0 Å². The average Bonchev–Trinajstić information content (AvgIpc) is 2.05. The van der Waals surface area contributed by atoms with Crippen LogP contribution in [0.3, 0.4) is 0 Å². The van der Waals surface area contributed by atoms with Crippen LogP contribution in [0.2, 0.25) is 0 Å². The number of nitrogens with zero attached hydrogens (tertiary/aromatic N) is 3. The highest BCUT2D eigenvalue weighted by Gasteiger charge is 2.02. The molecule has 4 heteroatoms. The highest BCUT2D eigenvalue weighted by atomic mass is 16.3. The quantitative estimate of drug-likeness (QED) is 0.577. The maximum Gasteiger partial charge on any atom is 0.116 e. The normalized spacial score (nSPS) is 12.5. The van der Waals surface area contributed by atoms with Crippen LogP contribution in [0.25, 0.3) is 0 Å². The first kappa shape index (κ1) is 6.80. The monoisotopic (exact) mass is 137 g/mol. The second-order valence-electron chi connectivity index (χ2n) is 1.96. The summed E-state index contributed by atoms with van der Waals surface area (Å²) in [5.41, 5.74) is 0.796. The molecule has 0 aliphatic rings. The minimum absolute atomic E-state index is 0.324. The summed E-state index contributed by atoms with van der Waals surface area (Å²) in [7, 11) is 0. The van der Waals surface area contributed by atoms with E-state index in [0.717, 1.165) is 5.56 Å². The van der Waals surface area contributed by atoms with Crippen molar-refractivity contribution in [1.82, 2.24) is 10.2 Å². The lowest BCUT2D eigenvalue weighted by Gasteiger charge is -1.97. The number of hydrogen-bond donors (Lipinski definition) is 0. The molecule has 1 rings (SSSR count). The fourth-order valence-electron chi connectivity index (χ4n) is 0.609. The van der Waals surface area contributed by atoms with E-state index in [-0.39, 0.29) is 6.04 Å². The van der Waals surface area contributed by atoms with E-state index in [9.17, 15) is 4.91 Å². The molecular weight excluding hydrogens is 130 g/mol. The van der Waals surface area contributed by atoms with E-state index in [1.165, 1.54) is 12.4 Å². The van der Waals surface area contributed by atoms with Crippen molar-refractivity contribution in [2.75, 3.05) is 0 Å². The van der Waals surface area contributed by atoms with Crippen LogP contribution in [0.1, 0.15) is 18.5 Å². The molecule has 0 N–H and O–H groups in total. The highest BCUT2D eigenvalue weighted by Crippen LogP contribution is 2.12. The Bertz CT molecular complexity index is 211. The summed E-state index contributed by atoms with van der Waals surface area (Å²) in [6.07, 6.45) is 3.07. The first-order valence-electron chi connectivity index (χ1n) is 2.93. The van der Waals surface area contributed by atoms with Gasteiger partial charge in [-0.3, -0.25) is 0 Å². The minimum atomic E-state index is -0.324. The SMILES string of the molecule is CC(N=O)c1ccnnc1. The summed E-state index contributed by atoms with van der Waals surface area (Å²) < 4.78 is 0. The molecule has 0 aliphatic carbocycles. The minimum Gasteiger partial charge on any atom is -0.159 e. The zero-order valence-corrected chi connectivity index (χ0v) is 5.56. The Hall–Kier alpha value is -1.32. The lowest BCUT2D eigenvalue weighted by molar-refractivity contribution is 0.794. The summed E-state index contributed by atoms with van der Waals surface area (Å²) in [6, 6.07) is 1.40. The maximum atomic E-state index is 10.0. The van der Waals surface area contributed by atoms with E-state index in [1.54, 1.807) is 13.0 Å². The van der Waals surface area contributed by atoms with Crippen LogP contribution in [-0.2, 0) is 0 Å². The number of aromatic nitrogens is 2. The van der Waals surface area contributed by atoms with Crippen molar-refractivity contribution in [2.45, 2.75) is 13.0 Å². The van der Waals surface area contributed by atoms with Gasteiger partial charge in [0.2, 0.25) is 0 Å². The Labute approximate surface area is 58.3 Å². The molecule has 1 atom stereocenters. The van der Waals surface area contributed by atoms with Gasteiger partial charge >= 0.3 is 0 Å². The largest absolute Gasteiger partial charge is 0.159 e. The molecule has 0 amide bonds. The lowest BCUT2D eigenvalue weighted by atomic mass is 10.2. The molecule has 10 heavy (non-hydrogen) atoms. The van der Waals surface area contributed by atoms with Gasteiger partial charge in [-0.15, -0.1) is 0 Å². The van der Waals surface area contributed by atoms with Crippen molar-refractivity contribution in [2.24, 2.45) is 5.18 Å². The van der Waals surface area contributed by atoms with Gasteiger partial charge in [-0.1, -0.05) is 5.18 Å². The molecule has 0 spiro atoms. The Balaban J connectivity index is 2.84. The van der Waals surface area contributed by atoms with Gasteiger partial charge in [0.1, 0.15) is 6.04 Å². The summed E-state index contributed by atoms with van der Waals surface area (Å²) >= 11 is 0. The fourth-order valence-corrected chi connectivity index (χ4v) is 0.609. The van der Waals surface area contributed by atoms with Crippen LogP contribution in [-0.4, -0.2) is 10.2 Å². The molecule has 1 aromatic heterocycles. The molecule has 0 saturated carbocycles. The van der Waals surface area contributed by atoms with Crippen LogP contribution in [0, 0.1) is 4.91 Å². The predicted octanol–water partition coefficient (Wildman–Crippen LogP) is 1.30. The van der Waals surface area contributed by atoms with Gasteiger partial charge in [-0.2, -0.15) is 15.1 Å². The molecule has 1 aromatic rings. The molecular formula is C6H7N3O. The molecule has 0 aromatic carbocycles. The van der Waals surface area contributed by atoms with E-state index in [0.29, 0.717) is 0 Å². The lowest BCUT2D eigenvalue weighted by Crippen LogP contribution is -1.89. The number of hydrogen-bond acceptors (Lipinski definition) is 4. The summed E-state index contributed by atoms with van der Waals surface area (Å²) in [5.74, 6) is 0. The zero-order valence-electron chi connectivity index (χ0n) is 5.56. The van der Waals surface area contributed by atoms with Gasteiger partial charge in [0, 0.05) is 11.8 Å². The van der Waals surface area contributed by atoms with Crippen molar-refractivity contribution in [3.8, 4) is 0 Å². The molecule has 0 bridgehead atoms. The van der Waals surface area contributed by atoms with Crippen molar-refractivity contribution in [3.63, 3.8) is 0 Å². The molecule has 0 aliphatic heterocycles. The van der Waals surface area contributed by atoms with Gasteiger partial charge in [0.25, 0.3) is 0 Å². The molecule has 0 radical (unpaired) electrons. The summed E-state index contributed by atoms with van der Waals surface area (Å²) in [4.78, 5) is 10.0. The fraction of sp³-hybridized carbons (Fsp3) is 0.333. The third kappa shape index (κ3) is 1.34. The number of rotatable bonds is 2. The van der Waals surface area contributed by atoms with Crippen LogP contribution >= 0.6 is 0 Å². The predicted molar refractivity (Wildman–Crippen MR) is 36.2 cm³/mol. The summed E-state index contributed by atoms with van der Waals surface area (Å²) in [5, 5.41) is 10.0. The van der Waals surface area contributed by atoms with Gasteiger partial charge in [-0.25, -0.2) is 0 Å². The Morgan fingerprint density at radius 1 is 1.60 bits per heavy atom. The molecule has 1 unspecified atom stereocenters. The highest BCUT2D eigenvalue weighted by molar-refractivity contribution is 5.09. The second-order valence-corrected chi connectivity index (χ2v) is 1.96. The summed E-state index contributed by atoms with van der Waals surface area (Å²) in [6.45, 7) is 1.71. The first-order valence-corrected chi connectivity index (χ1v) is 2.93. The first-order chi connectivity index (χ1) is 4.84. The molecule has 0 fully saturated rings. The molecule has 0 saturated heterocycles. The van der Waals surface area contributed by atoms with Crippen LogP contribution in [0.5, 0.6) is 0 Å². The average molecular weight is 137 g/mol. The smallest absolute Gasteiger partial charge is 0.116 e. The standard InChI is InChI=1S/C6H7N3O/c1-5(9-10)6-2-3-7-8-4-6/h2-5H,1H3. The van der Waals surface area contributed by atoms with Crippen molar-refractivity contribution >= 4 is 0 Å². The topological polar surface area (TPSA) is 55.2 Å². The van der Waals surface area contributed by atoms with Gasteiger partial charge in [0.15, 0.2) is 0 Å². The maximum absolute atomic E-state index is 10.0. The van der Waals surface area contributed by atoms with Crippen molar-refractivity contribution in [1.29, 1.82) is 0 Å². The third-order valence-electron chi connectivity index (χ3n) is 1.25. The molecule has 4 nitrogen and oxygen atoms in total. The van der Waals surface area contributed by atoms with Crippen LogP contribution in [0.4, 0.5) is 0 Å². The number of nitroso groups, excluding NO2 is 1. The van der Waals surface area contributed by atoms with Crippen molar-refractivity contribution < 1.29 is 0 Å². The van der Waals surface area contributed by atoms with Crippen LogP contribution in [0.15, 0.2) is 23.6 Å². The van der Waals surface area contributed by atoms with E-state index in [2.05, 4.69) is 15.4 Å².